The fraction of sp³-hybridized carbons (Fsp3) is 0.778. The number of nitrogens with zero attached hydrogens (tertiary/aromatic N) is 4. The molecule has 0 radical (unpaired) electrons. The van der Waals surface area contributed by atoms with E-state index >= 15 is 0 Å². The quantitative estimate of drug-likeness (QED) is 0.735. The maximum absolute atomic E-state index is 4.17. The Balaban J connectivity index is 2.07. The summed E-state index contributed by atoms with van der Waals surface area (Å²) in [5.74, 6) is 1.00. The van der Waals surface area contributed by atoms with E-state index in [4.69, 9.17) is 0 Å². The molecular weight excluding hydrogens is 178 g/mol. The molecule has 5 heteroatoms. The Bertz CT molecular complexity index is 287. The fourth-order valence-electron chi connectivity index (χ4n) is 1.56. The van der Waals surface area contributed by atoms with Gasteiger partial charge in [-0.1, -0.05) is 5.21 Å². The summed E-state index contributed by atoms with van der Waals surface area (Å²) < 4.78 is 1.90. The largest absolute Gasteiger partial charge is 0.351 e. The van der Waals surface area contributed by atoms with Crippen LogP contribution >= 0.6 is 0 Å². The first-order valence-corrected chi connectivity index (χ1v) is 5.15. The third-order valence-electron chi connectivity index (χ3n) is 2.47. The van der Waals surface area contributed by atoms with Crippen LogP contribution < -0.4 is 10.2 Å². The van der Waals surface area contributed by atoms with Gasteiger partial charge in [0.1, 0.15) is 0 Å². The van der Waals surface area contributed by atoms with E-state index in [-0.39, 0.29) is 0 Å². The van der Waals surface area contributed by atoms with Crippen LogP contribution in [-0.4, -0.2) is 41.2 Å². The van der Waals surface area contributed by atoms with E-state index in [1.54, 1.807) is 0 Å². The second kappa shape index (κ2) is 3.96. The van der Waals surface area contributed by atoms with Crippen LogP contribution in [0.5, 0.6) is 0 Å². The Morgan fingerprint density at radius 3 is 2.64 bits per heavy atom. The van der Waals surface area contributed by atoms with Crippen molar-refractivity contribution in [2.24, 2.45) is 0 Å². The molecule has 2 heterocycles. The molecule has 1 fully saturated rings. The van der Waals surface area contributed by atoms with Gasteiger partial charge in [0.15, 0.2) is 5.82 Å². The van der Waals surface area contributed by atoms with Crippen LogP contribution in [-0.2, 0) is 0 Å². The third-order valence-corrected chi connectivity index (χ3v) is 2.47. The lowest BCUT2D eigenvalue weighted by Gasteiger charge is -2.26. The summed E-state index contributed by atoms with van der Waals surface area (Å²) >= 11 is 0. The number of aromatic nitrogens is 3. The molecule has 1 aromatic heterocycles. The lowest BCUT2D eigenvalue weighted by molar-refractivity contribution is 0.514. The second-order valence-corrected chi connectivity index (χ2v) is 3.89. The van der Waals surface area contributed by atoms with Crippen molar-refractivity contribution in [3.05, 3.63) is 6.20 Å². The first-order valence-electron chi connectivity index (χ1n) is 5.15. The zero-order valence-corrected chi connectivity index (χ0v) is 8.77. The van der Waals surface area contributed by atoms with Gasteiger partial charge in [0.2, 0.25) is 0 Å². The standard InChI is InChI=1S/C9H17N5/c1-8(2)14-7-9(11-12-14)13-5-3-10-4-6-13/h7-8,10H,3-6H2,1-2H3. The Kier molecular flexibility index (Phi) is 2.67. The molecule has 0 amide bonds. The fourth-order valence-corrected chi connectivity index (χ4v) is 1.56. The highest BCUT2D eigenvalue weighted by molar-refractivity contribution is 5.35. The van der Waals surface area contributed by atoms with E-state index < -0.39 is 0 Å². The molecule has 1 aromatic rings. The number of anilines is 1. The third kappa shape index (κ3) is 1.87. The Morgan fingerprint density at radius 1 is 1.36 bits per heavy atom. The molecule has 1 aliphatic heterocycles. The van der Waals surface area contributed by atoms with Crippen molar-refractivity contribution in [3.8, 4) is 0 Å². The molecule has 0 aliphatic carbocycles. The molecular formula is C9H17N5. The number of piperazine rings is 1. The number of nitrogens with one attached hydrogen (secondary N) is 1. The maximum Gasteiger partial charge on any atom is 0.171 e. The average Bonchev–Trinajstić information content (AvgIpc) is 2.68. The summed E-state index contributed by atoms with van der Waals surface area (Å²) in [5.41, 5.74) is 0. The summed E-state index contributed by atoms with van der Waals surface area (Å²) in [4.78, 5) is 2.27. The molecule has 78 valence electrons. The van der Waals surface area contributed by atoms with E-state index in [1.165, 1.54) is 0 Å². The van der Waals surface area contributed by atoms with Gasteiger partial charge in [0.25, 0.3) is 0 Å². The molecule has 0 spiro atoms. The summed E-state index contributed by atoms with van der Waals surface area (Å²) in [6.45, 7) is 8.34. The van der Waals surface area contributed by atoms with Crippen LogP contribution in [0.3, 0.4) is 0 Å². The topological polar surface area (TPSA) is 46.0 Å². The van der Waals surface area contributed by atoms with Gasteiger partial charge in [-0.3, -0.25) is 0 Å². The summed E-state index contributed by atoms with van der Waals surface area (Å²) in [6.07, 6.45) is 2.02. The highest BCUT2D eigenvalue weighted by Gasteiger charge is 2.13. The van der Waals surface area contributed by atoms with E-state index in [0.29, 0.717) is 6.04 Å². The van der Waals surface area contributed by atoms with Crippen LogP contribution in [0.15, 0.2) is 6.20 Å². The molecule has 1 N–H and O–H groups in total. The minimum Gasteiger partial charge on any atom is -0.351 e. The van der Waals surface area contributed by atoms with Crippen LogP contribution in [0, 0.1) is 0 Å². The molecule has 0 unspecified atom stereocenters. The number of rotatable bonds is 2. The molecule has 14 heavy (non-hydrogen) atoms. The van der Waals surface area contributed by atoms with Gasteiger partial charge in [-0.05, 0) is 13.8 Å². The highest BCUT2D eigenvalue weighted by atomic mass is 15.5. The number of hydrogen-bond acceptors (Lipinski definition) is 4. The summed E-state index contributed by atoms with van der Waals surface area (Å²) in [5, 5.41) is 11.6. The van der Waals surface area contributed by atoms with Crippen LogP contribution in [0.1, 0.15) is 19.9 Å². The van der Waals surface area contributed by atoms with Crippen molar-refractivity contribution in [3.63, 3.8) is 0 Å². The zero-order chi connectivity index (χ0) is 9.97. The highest BCUT2D eigenvalue weighted by Crippen LogP contribution is 2.12. The SMILES string of the molecule is CC(C)n1cc(N2CCNCC2)nn1. The van der Waals surface area contributed by atoms with Crippen molar-refractivity contribution in [1.29, 1.82) is 0 Å². The van der Waals surface area contributed by atoms with Gasteiger partial charge in [0.05, 0.1) is 6.20 Å². The summed E-state index contributed by atoms with van der Waals surface area (Å²) in [6, 6.07) is 0.388. The molecule has 0 atom stereocenters. The van der Waals surface area contributed by atoms with Gasteiger partial charge in [-0.15, -0.1) is 5.10 Å². The van der Waals surface area contributed by atoms with E-state index in [9.17, 15) is 0 Å². The molecule has 0 saturated carbocycles. The Morgan fingerprint density at radius 2 is 2.07 bits per heavy atom. The molecule has 5 nitrogen and oxygen atoms in total. The Labute approximate surface area is 84.1 Å². The molecule has 0 bridgehead atoms. The zero-order valence-electron chi connectivity index (χ0n) is 8.77. The summed E-state index contributed by atoms with van der Waals surface area (Å²) in [7, 11) is 0. The minimum atomic E-state index is 0.388. The van der Waals surface area contributed by atoms with E-state index in [2.05, 4.69) is 34.4 Å². The molecule has 2 rings (SSSR count). The van der Waals surface area contributed by atoms with Crippen LogP contribution in [0.4, 0.5) is 5.82 Å². The van der Waals surface area contributed by atoms with Gasteiger partial charge < -0.3 is 10.2 Å². The second-order valence-electron chi connectivity index (χ2n) is 3.89. The maximum atomic E-state index is 4.17. The van der Waals surface area contributed by atoms with Crippen LogP contribution in [0.25, 0.3) is 0 Å². The van der Waals surface area contributed by atoms with Gasteiger partial charge in [-0.2, -0.15) is 0 Å². The van der Waals surface area contributed by atoms with Gasteiger partial charge in [-0.25, -0.2) is 4.68 Å². The van der Waals surface area contributed by atoms with Crippen molar-refractivity contribution in [1.82, 2.24) is 20.3 Å². The lowest BCUT2D eigenvalue weighted by Crippen LogP contribution is -2.43. The minimum absolute atomic E-state index is 0.388. The van der Waals surface area contributed by atoms with Crippen molar-refractivity contribution in [2.75, 3.05) is 31.1 Å². The first kappa shape index (κ1) is 9.45. The predicted molar refractivity (Wildman–Crippen MR) is 55.5 cm³/mol. The van der Waals surface area contributed by atoms with Crippen LogP contribution in [0.2, 0.25) is 0 Å². The molecule has 1 aliphatic rings. The van der Waals surface area contributed by atoms with Crippen molar-refractivity contribution >= 4 is 5.82 Å². The van der Waals surface area contributed by atoms with Gasteiger partial charge >= 0.3 is 0 Å². The van der Waals surface area contributed by atoms with Gasteiger partial charge in [0, 0.05) is 32.2 Å². The first-order chi connectivity index (χ1) is 6.77. The number of hydrogen-bond donors (Lipinski definition) is 1. The smallest absolute Gasteiger partial charge is 0.171 e. The van der Waals surface area contributed by atoms with Crippen molar-refractivity contribution < 1.29 is 0 Å². The molecule has 0 aromatic carbocycles. The molecule has 1 saturated heterocycles. The lowest BCUT2D eigenvalue weighted by atomic mass is 10.3. The predicted octanol–water partition coefficient (Wildman–Crippen LogP) is 0.269. The Hall–Kier alpha value is -1.10. The van der Waals surface area contributed by atoms with E-state index in [0.717, 1.165) is 32.0 Å². The van der Waals surface area contributed by atoms with E-state index in [1.807, 2.05) is 10.9 Å². The van der Waals surface area contributed by atoms with Crippen molar-refractivity contribution in [2.45, 2.75) is 19.9 Å². The normalized spacial score (nSPS) is 17.8. The average molecular weight is 195 g/mol. The monoisotopic (exact) mass is 195 g/mol.